The zero-order valence-electron chi connectivity index (χ0n) is 5.06. The second-order valence-corrected chi connectivity index (χ2v) is 0.653. The van der Waals surface area contributed by atoms with Crippen molar-refractivity contribution in [2.75, 3.05) is 0 Å². The van der Waals surface area contributed by atoms with Crippen molar-refractivity contribution in [3.05, 3.63) is 0 Å². The number of hydrogen-bond donors (Lipinski definition) is 4. The van der Waals surface area contributed by atoms with E-state index in [2.05, 4.69) is 0 Å². The van der Waals surface area contributed by atoms with Crippen LogP contribution in [0.5, 0.6) is 0 Å². The van der Waals surface area contributed by atoms with Gasteiger partial charge in [-0.05, 0) is 11.0 Å². The molecule has 0 aromatic heterocycles. The van der Waals surface area contributed by atoms with Crippen molar-refractivity contribution in [1.29, 1.82) is 0 Å². The third kappa shape index (κ3) is 337. The quantitative estimate of drug-likeness (QED) is 0.327. The molecule has 0 heterocycles. The Morgan fingerprint density at radius 1 is 0.909 bits per heavy atom. The molecule has 11 heavy (non-hydrogen) atoms. The average molecular weight is 285 g/mol. The van der Waals surface area contributed by atoms with E-state index in [4.69, 9.17) is 30.1 Å². The van der Waals surface area contributed by atoms with Crippen LogP contribution in [-0.4, -0.2) is 45.7 Å². The Morgan fingerprint density at radius 2 is 0.909 bits per heavy atom. The van der Waals surface area contributed by atoms with E-state index in [9.17, 15) is 0 Å². The predicted molar refractivity (Wildman–Crippen MR) is 31.7 cm³/mol. The van der Waals surface area contributed by atoms with Crippen molar-refractivity contribution in [1.82, 2.24) is 0 Å². The summed E-state index contributed by atoms with van der Waals surface area (Å²) in [5.74, 6) is 0. The fraction of sp³-hybridized carbons (Fsp3) is 0. The van der Waals surface area contributed by atoms with Crippen LogP contribution in [0.1, 0.15) is 0 Å². The van der Waals surface area contributed by atoms with Gasteiger partial charge in [-0.3, -0.25) is 0 Å². The van der Waals surface area contributed by atoms with Gasteiger partial charge in [0, 0.05) is 0 Å². The molecule has 0 aliphatic carbocycles. The van der Waals surface area contributed by atoms with Crippen LogP contribution in [0.4, 0.5) is 0 Å². The molecule has 0 saturated carbocycles. The molecule has 0 radical (unpaired) electrons. The van der Waals surface area contributed by atoms with Crippen LogP contribution in [0, 0.1) is 0 Å². The summed E-state index contributed by atoms with van der Waals surface area (Å²) in [6.07, 6.45) is 0. The maximum Gasteiger partial charge on any atom is 1.00 e. The van der Waals surface area contributed by atoms with Crippen molar-refractivity contribution in [3.63, 3.8) is 0 Å². The van der Waals surface area contributed by atoms with Crippen molar-refractivity contribution >= 4 is 25.6 Å². The first kappa shape index (κ1) is 29.3. The smallest absolute Gasteiger partial charge is 0.871 e. The molecule has 0 rings (SSSR count). The first-order valence-electron chi connectivity index (χ1n) is 1.50. The van der Waals surface area contributed by atoms with Crippen molar-refractivity contribution in [2.24, 2.45) is 0 Å². The van der Waals surface area contributed by atoms with E-state index in [1.807, 2.05) is 0 Å². The first-order chi connectivity index (χ1) is 3.46. The van der Waals surface area contributed by atoms with Gasteiger partial charge in [0.15, 0.2) is 0 Å². The predicted octanol–water partition coefficient (Wildman–Crippen LogP) is -9.82. The first-order valence-corrected chi connectivity index (χ1v) is 1.50. The van der Waals surface area contributed by atoms with E-state index in [0.29, 0.717) is 0 Å². The third-order valence-corrected chi connectivity index (χ3v) is 0. The van der Waals surface area contributed by atoms with Gasteiger partial charge < -0.3 is 30.1 Å². The van der Waals surface area contributed by atoms with Crippen LogP contribution in [0.3, 0.4) is 0 Å². The van der Waals surface area contributed by atoms with Gasteiger partial charge in [-0.1, -0.05) is 0 Å². The molecule has 0 saturated heterocycles. The summed E-state index contributed by atoms with van der Waals surface area (Å²) in [4.78, 5) is 0. The molecule has 66 valence electrons. The Labute approximate surface area is 107 Å². The molecule has 0 amide bonds. The minimum absolute atomic E-state index is 0. The van der Waals surface area contributed by atoms with E-state index >= 15 is 0 Å². The Balaban J connectivity index is -0.0000000171. The zero-order chi connectivity index (χ0) is 7.15. The van der Waals surface area contributed by atoms with Gasteiger partial charge in [0.2, 0.25) is 0 Å². The Bertz CT molecular complexity index is 36.1. The molecule has 0 unspecified atom stereocenters. The minimum atomic E-state index is -2.67. The SMILES string of the molecule is OB(O)O.[Ag+].[Na+].[O-]B([O-])O.[SiH4]. The van der Waals surface area contributed by atoms with Crippen LogP contribution in [0.25, 0.3) is 0 Å². The molecule has 0 spiro atoms. The molecular weight excluding hydrogens is 277 g/mol. The molecule has 4 N–H and O–H groups in total. The largest absolute Gasteiger partial charge is 1.00 e. The second kappa shape index (κ2) is 22.6. The van der Waals surface area contributed by atoms with E-state index in [1.165, 1.54) is 0 Å². The van der Waals surface area contributed by atoms with Crippen molar-refractivity contribution in [2.45, 2.75) is 0 Å². The maximum atomic E-state index is 8.53. The molecular formula is H8AgB2NaO6Si. The fourth-order valence-electron chi connectivity index (χ4n) is 0. The molecule has 0 bridgehead atoms. The Kier molecular flexibility index (Phi) is 60.3. The van der Waals surface area contributed by atoms with Gasteiger partial charge in [0.25, 0.3) is 0 Å². The summed E-state index contributed by atoms with van der Waals surface area (Å²) in [6, 6.07) is 0. The van der Waals surface area contributed by atoms with Crippen molar-refractivity contribution < 1.29 is 82.1 Å². The standard InChI is InChI=1S/Ag.BH3O3.BHO3.Na.H4Si/c;2*2-1(3)4;;/h;2-4H;2H;;1H4/q+1;;-2;+1;. The van der Waals surface area contributed by atoms with Gasteiger partial charge in [-0.15, -0.1) is 0 Å². The molecule has 0 fully saturated rings. The number of rotatable bonds is 0. The fourth-order valence-corrected chi connectivity index (χ4v) is 0. The van der Waals surface area contributed by atoms with Gasteiger partial charge in [0.1, 0.15) is 0 Å². The normalized spacial score (nSPS) is 4.91. The van der Waals surface area contributed by atoms with Crippen LogP contribution >= 0.6 is 0 Å². The van der Waals surface area contributed by atoms with Crippen LogP contribution in [0.15, 0.2) is 0 Å². The minimum Gasteiger partial charge on any atom is -0.871 e. The van der Waals surface area contributed by atoms with Crippen LogP contribution in [-0.2, 0) is 22.4 Å². The molecule has 0 aliphatic heterocycles. The van der Waals surface area contributed by atoms with E-state index < -0.39 is 14.6 Å². The van der Waals surface area contributed by atoms with Gasteiger partial charge in [-0.25, -0.2) is 0 Å². The molecule has 0 aromatic carbocycles. The average Bonchev–Trinajstić information content (AvgIpc) is 1.25. The summed E-state index contributed by atoms with van der Waals surface area (Å²) in [5.41, 5.74) is 0. The molecule has 0 aliphatic rings. The molecule has 11 heteroatoms. The van der Waals surface area contributed by atoms with Gasteiger partial charge in [-0.2, -0.15) is 0 Å². The zero-order valence-corrected chi connectivity index (χ0v) is 8.54. The second-order valence-electron chi connectivity index (χ2n) is 0.653. The summed E-state index contributed by atoms with van der Waals surface area (Å²) in [6.45, 7) is 0. The maximum absolute atomic E-state index is 8.53. The topological polar surface area (TPSA) is 127 Å². The number of hydrogen-bond acceptors (Lipinski definition) is 6. The monoisotopic (exact) mass is 284 g/mol. The van der Waals surface area contributed by atoms with Crippen LogP contribution in [0.2, 0.25) is 0 Å². The summed E-state index contributed by atoms with van der Waals surface area (Å²) >= 11 is 0. The summed E-state index contributed by atoms with van der Waals surface area (Å²) in [5, 5.41) is 45.5. The summed E-state index contributed by atoms with van der Waals surface area (Å²) < 4.78 is 0. The Hall–Kier alpha value is 1.85. The van der Waals surface area contributed by atoms with Crippen LogP contribution < -0.4 is 39.6 Å². The third-order valence-electron chi connectivity index (χ3n) is 0. The van der Waals surface area contributed by atoms with Crippen molar-refractivity contribution in [3.8, 4) is 0 Å². The Morgan fingerprint density at radius 3 is 0.909 bits per heavy atom. The summed E-state index contributed by atoms with van der Waals surface area (Å²) in [7, 11) is -4.83. The van der Waals surface area contributed by atoms with Gasteiger partial charge in [0.05, 0.1) is 7.32 Å². The molecule has 6 nitrogen and oxygen atoms in total. The molecule has 0 atom stereocenters. The van der Waals surface area contributed by atoms with E-state index in [-0.39, 0.29) is 62.9 Å². The molecule has 0 aromatic rings. The van der Waals surface area contributed by atoms with E-state index in [1.54, 1.807) is 0 Å². The van der Waals surface area contributed by atoms with E-state index in [0.717, 1.165) is 0 Å². The van der Waals surface area contributed by atoms with Gasteiger partial charge >= 0.3 is 59.3 Å².